The summed E-state index contributed by atoms with van der Waals surface area (Å²) in [4.78, 5) is 0. The second-order valence-electron chi connectivity index (χ2n) is 2.69. The Bertz CT molecular complexity index is 51.8. The van der Waals surface area contributed by atoms with Crippen molar-refractivity contribution in [3.8, 4) is 0 Å². The summed E-state index contributed by atoms with van der Waals surface area (Å²) >= 11 is 1.20. The van der Waals surface area contributed by atoms with E-state index in [1.165, 1.54) is 2.44 Å². The van der Waals surface area contributed by atoms with Crippen molar-refractivity contribution in [1.82, 2.24) is 0 Å². The molecule has 0 saturated carbocycles. The van der Waals surface area contributed by atoms with Gasteiger partial charge in [0.1, 0.15) is 0 Å². The van der Waals surface area contributed by atoms with Crippen LogP contribution in [0.25, 0.3) is 0 Å². The van der Waals surface area contributed by atoms with E-state index in [4.69, 9.17) is 0 Å². The SMILES string of the molecule is C[CH2][Sn]([CH2]C)([CH2]C)[CH2]I. The van der Waals surface area contributed by atoms with Crippen molar-refractivity contribution in [1.29, 1.82) is 0 Å². The normalized spacial score (nSPS) is 12.0. The molecule has 0 nitrogen and oxygen atoms in total. The third-order valence-electron chi connectivity index (χ3n) is 2.53. The zero-order chi connectivity index (χ0) is 7.33. The standard InChI is InChI=1S/3C2H5.CH2I.Sn/c4*1-2;/h3*1H2,2H3;1H2;. The first-order valence-corrected chi connectivity index (χ1v) is 13.4. The van der Waals surface area contributed by atoms with Crippen LogP contribution in [0.1, 0.15) is 20.8 Å². The second-order valence-corrected chi connectivity index (χ2v) is 23.2. The van der Waals surface area contributed by atoms with Gasteiger partial charge in [0, 0.05) is 0 Å². The zero-order valence-corrected chi connectivity index (χ0v) is 11.7. The molecule has 0 bridgehead atoms. The van der Waals surface area contributed by atoms with Crippen molar-refractivity contribution in [2.75, 3.05) is 2.44 Å². The van der Waals surface area contributed by atoms with E-state index < -0.39 is 18.4 Å². The van der Waals surface area contributed by atoms with Gasteiger partial charge in [-0.1, -0.05) is 0 Å². The minimum atomic E-state index is -1.40. The fourth-order valence-corrected chi connectivity index (χ4v) is 17.8. The molecule has 0 heterocycles. The molecule has 0 aliphatic carbocycles. The Morgan fingerprint density at radius 1 is 1.00 bits per heavy atom. The molecule has 0 spiro atoms. The number of hydrogen-bond donors (Lipinski definition) is 0. The van der Waals surface area contributed by atoms with Gasteiger partial charge in [-0.2, -0.15) is 0 Å². The van der Waals surface area contributed by atoms with Gasteiger partial charge in [-0.3, -0.25) is 0 Å². The van der Waals surface area contributed by atoms with Crippen molar-refractivity contribution in [2.45, 2.75) is 34.1 Å². The molecule has 0 aliphatic heterocycles. The first-order chi connectivity index (χ1) is 4.24. The molecule has 0 atom stereocenters. The Kier molecular flexibility index (Phi) is 6.10. The van der Waals surface area contributed by atoms with E-state index in [-0.39, 0.29) is 0 Å². The Morgan fingerprint density at radius 2 is 1.33 bits per heavy atom. The molecule has 9 heavy (non-hydrogen) atoms. The molecule has 0 aliphatic rings. The molecule has 0 aromatic rings. The number of hydrogen-bond acceptors (Lipinski definition) is 0. The van der Waals surface area contributed by atoms with Gasteiger partial charge in [0.15, 0.2) is 0 Å². The molecule has 0 N–H and O–H groups in total. The molecular formula is C7H17ISn. The van der Waals surface area contributed by atoms with E-state index in [1.54, 1.807) is 13.3 Å². The molecule has 0 aromatic carbocycles. The molecule has 0 unspecified atom stereocenters. The average Bonchev–Trinajstić information content (AvgIpc) is 1.95. The van der Waals surface area contributed by atoms with Crippen molar-refractivity contribution >= 4 is 41.0 Å². The fourth-order valence-electron chi connectivity index (χ4n) is 1.03. The van der Waals surface area contributed by atoms with Gasteiger partial charge in [0.2, 0.25) is 0 Å². The van der Waals surface area contributed by atoms with Crippen LogP contribution in [0.2, 0.25) is 13.3 Å². The molecule has 0 rings (SSSR count). The van der Waals surface area contributed by atoms with Crippen LogP contribution in [0, 0.1) is 0 Å². The summed E-state index contributed by atoms with van der Waals surface area (Å²) in [5.41, 5.74) is 0. The van der Waals surface area contributed by atoms with Crippen molar-refractivity contribution in [3.63, 3.8) is 0 Å². The Labute approximate surface area is 76.8 Å². The molecule has 0 aromatic heterocycles. The average molecular weight is 347 g/mol. The Morgan fingerprint density at radius 3 is 1.33 bits per heavy atom. The molecular weight excluding hydrogens is 330 g/mol. The number of alkyl halides is 1. The summed E-state index contributed by atoms with van der Waals surface area (Å²) in [5.74, 6) is 0. The summed E-state index contributed by atoms with van der Waals surface area (Å²) < 4.78 is 6.16. The summed E-state index contributed by atoms with van der Waals surface area (Å²) in [6.45, 7) is 7.17. The number of halogens is 1. The van der Waals surface area contributed by atoms with Crippen LogP contribution < -0.4 is 0 Å². The van der Waals surface area contributed by atoms with E-state index in [2.05, 4.69) is 43.4 Å². The van der Waals surface area contributed by atoms with E-state index in [9.17, 15) is 0 Å². The van der Waals surface area contributed by atoms with Crippen LogP contribution >= 0.6 is 22.6 Å². The van der Waals surface area contributed by atoms with E-state index >= 15 is 0 Å². The van der Waals surface area contributed by atoms with Crippen LogP contribution in [0.5, 0.6) is 0 Å². The van der Waals surface area contributed by atoms with Crippen LogP contribution in [-0.4, -0.2) is 20.8 Å². The maximum absolute atomic E-state index is 2.60. The zero-order valence-electron chi connectivity index (χ0n) is 6.71. The van der Waals surface area contributed by atoms with Crippen molar-refractivity contribution < 1.29 is 0 Å². The summed E-state index contributed by atoms with van der Waals surface area (Å²) in [6.07, 6.45) is 0. The molecule has 0 fully saturated rings. The summed E-state index contributed by atoms with van der Waals surface area (Å²) in [6, 6.07) is 0. The second kappa shape index (κ2) is 5.21. The van der Waals surface area contributed by atoms with Gasteiger partial charge >= 0.3 is 77.5 Å². The number of rotatable bonds is 4. The van der Waals surface area contributed by atoms with E-state index in [0.29, 0.717) is 0 Å². The maximum atomic E-state index is 2.60. The molecule has 2 heteroatoms. The van der Waals surface area contributed by atoms with E-state index in [1.807, 2.05) is 0 Å². The van der Waals surface area contributed by atoms with Gasteiger partial charge in [0.05, 0.1) is 0 Å². The van der Waals surface area contributed by atoms with Crippen LogP contribution in [0.3, 0.4) is 0 Å². The fraction of sp³-hybridized carbons (Fsp3) is 1.00. The van der Waals surface area contributed by atoms with Crippen LogP contribution in [-0.2, 0) is 0 Å². The molecule has 0 radical (unpaired) electrons. The van der Waals surface area contributed by atoms with Gasteiger partial charge in [0.25, 0.3) is 0 Å². The van der Waals surface area contributed by atoms with Gasteiger partial charge in [-0.05, 0) is 0 Å². The van der Waals surface area contributed by atoms with Gasteiger partial charge in [-0.25, -0.2) is 0 Å². The molecule has 56 valence electrons. The first-order valence-electron chi connectivity index (χ1n) is 3.80. The first kappa shape index (κ1) is 10.5. The van der Waals surface area contributed by atoms with Gasteiger partial charge in [-0.15, -0.1) is 0 Å². The Hall–Kier alpha value is 1.53. The predicted octanol–water partition coefficient (Wildman–Crippen LogP) is 3.47. The predicted molar refractivity (Wildman–Crippen MR) is 56.1 cm³/mol. The topological polar surface area (TPSA) is 0 Å². The van der Waals surface area contributed by atoms with Crippen molar-refractivity contribution in [3.05, 3.63) is 0 Å². The quantitative estimate of drug-likeness (QED) is 0.415. The molecule has 0 amide bonds. The van der Waals surface area contributed by atoms with Crippen LogP contribution in [0.15, 0.2) is 0 Å². The van der Waals surface area contributed by atoms with Crippen molar-refractivity contribution in [2.24, 2.45) is 0 Å². The molecule has 0 saturated heterocycles. The minimum absolute atomic E-state index is 1.40. The third-order valence-corrected chi connectivity index (χ3v) is 27.8. The van der Waals surface area contributed by atoms with Crippen LogP contribution in [0.4, 0.5) is 0 Å². The van der Waals surface area contributed by atoms with Gasteiger partial charge < -0.3 is 0 Å². The Balaban J connectivity index is 3.82. The van der Waals surface area contributed by atoms with E-state index in [0.717, 1.165) is 0 Å². The third kappa shape index (κ3) is 2.95. The summed E-state index contributed by atoms with van der Waals surface area (Å²) in [5, 5.41) is 0. The summed E-state index contributed by atoms with van der Waals surface area (Å²) in [7, 11) is 0. The monoisotopic (exact) mass is 348 g/mol.